The van der Waals surface area contributed by atoms with E-state index in [-0.39, 0.29) is 22.2 Å². The second-order valence-corrected chi connectivity index (χ2v) is 5.09. The Morgan fingerprint density at radius 1 is 1.35 bits per heavy atom. The first-order valence-electron chi connectivity index (χ1n) is 5.40. The van der Waals surface area contributed by atoms with Crippen molar-refractivity contribution in [2.45, 2.75) is 0 Å². The summed E-state index contributed by atoms with van der Waals surface area (Å²) in [6.07, 6.45) is 0. The fourth-order valence-electron chi connectivity index (χ4n) is 1.49. The van der Waals surface area contributed by atoms with Crippen molar-refractivity contribution in [1.29, 1.82) is 0 Å². The second kappa shape index (κ2) is 6.17. The highest BCUT2D eigenvalue weighted by atomic mass is 79.9. The van der Waals surface area contributed by atoms with Crippen LogP contribution >= 0.6 is 27.5 Å². The first-order valence-corrected chi connectivity index (χ1v) is 6.57. The highest BCUT2D eigenvalue weighted by Crippen LogP contribution is 2.21. The summed E-state index contributed by atoms with van der Waals surface area (Å²) < 4.78 is 14.2. The summed E-state index contributed by atoms with van der Waals surface area (Å²) in [4.78, 5) is 15.9. The number of pyridine rings is 1. The van der Waals surface area contributed by atoms with Crippen LogP contribution in [-0.2, 0) is 0 Å². The van der Waals surface area contributed by atoms with Crippen LogP contribution in [-0.4, -0.2) is 10.9 Å². The van der Waals surface area contributed by atoms with Gasteiger partial charge in [-0.25, -0.2) is 15.2 Å². The Morgan fingerprint density at radius 2 is 2.10 bits per heavy atom. The van der Waals surface area contributed by atoms with Gasteiger partial charge in [-0.05, 0) is 30.3 Å². The van der Waals surface area contributed by atoms with Crippen LogP contribution in [0.3, 0.4) is 0 Å². The van der Waals surface area contributed by atoms with Crippen molar-refractivity contribution in [3.8, 4) is 0 Å². The minimum atomic E-state index is -0.543. The molecule has 0 radical (unpaired) electrons. The van der Waals surface area contributed by atoms with E-state index in [0.29, 0.717) is 4.47 Å². The molecule has 0 fully saturated rings. The summed E-state index contributed by atoms with van der Waals surface area (Å²) in [5, 5.41) is 2.54. The Morgan fingerprint density at radius 3 is 2.80 bits per heavy atom. The Bertz CT molecular complexity index is 668. The molecule has 0 aliphatic heterocycles. The molecule has 5 nitrogen and oxygen atoms in total. The number of nitrogens with two attached hydrogens (primary N) is 1. The van der Waals surface area contributed by atoms with Gasteiger partial charge < -0.3 is 10.7 Å². The van der Waals surface area contributed by atoms with E-state index in [1.54, 1.807) is 0 Å². The van der Waals surface area contributed by atoms with Gasteiger partial charge in [0.05, 0.1) is 5.69 Å². The molecule has 1 amide bonds. The van der Waals surface area contributed by atoms with Crippen LogP contribution in [0.1, 0.15) is 10.4 Å². The van der Waals surface area contributed by atoms with Gasteiger partial charge in [-0.15, -0.1) is 0 Å². The number of halogens is 3. The zero-order chi connectivity index (χ0) is 14.7. The summed E-state index contributed by atoms with van der Waals surface area (Å²) in [7, 11) is 0. The van der Waals surface area contributed by atoms with E-state index in [1.165, 1.54) is 30.3 Å². The van der Waals surface area contributed by atoms with Crippen molar-refractivity contribution in [3.05, 3.63) is 51.3 Å². The van der Waals surface area contributed by atoms with E-state index in [1.807, 2.05) is 0 Å². The second-order valence-electron chi connectivity index (χ2n) is 3.79. The molecule has 8 heteroatoms. The van der Waals surface area contributed by atoms with Crippen molar-refractivity contribution >= 4 is 44.9 Å². The summed E-state index contributed by atoms with van der Waals surface area (Å²) in [5.41, 5.74) is 2.55. The molecule has 0 aliphatic carbocycles. The van der Waals surface area contributed by atoms with Crippen molar-refractivity contribution in [2.75, 3.05) is 10.7 Å². The Balaban J connectivity index is 2.28. The number of anilines is 2. The predicted molar refractivity (Wildman–Crippen MR) is 79.1 cm³/mol. The minimum absolute atomic E-state index is 0.0552. The van der Waals surface area contributed by atoms with Crippen LogP contribution < -0.4 is 16.6 Å². The zero-order valence-corrected chi connectivity index (χ0v) is 12.3. The SMILES string of the molecule is NNc1cc(C(=O)Nc2cc(Br)ccc2F)cc(Cl)n1. The molecule has 2 aromatic rings. The number of nitrogens with zero attached hydrogens (tertiary/aromatic N) is 1. The number of nitrogen functional groups attached to an aromatic ring is 1. The normalized spacial score (nSPS) is 10.2. The van der Waals surface area contributed by atoms with Crippen LogP contribution in [0.25, 0.3) is 0 Å². The standard InChI is InChI=1S/C12H9BrClFN4O/c13-7-1-2-8(15)9(5-7)17-12(20)6-3-10(14)18-11(4-6)19-16/h1-5H,16H2,(H,17,20)(H,18,19). The van der Waals surface area contributed by atoms with Gasteiger partial charge in [0.25, 0.3) is 5.91 Å². The third kappa shape index (κ3) is 3.44. The van der Waals surface area contributed by atoms with Gasteiger partial charge >= 0.3 is 0 Å². The van der Waals surface area contributed by atoms with E-state index >= 15 is 0 Å². The molecule has 1 aromatic carbocycles. The quantitative estimate of drug-likeness (QED) is 0.447. The zero-order valence-electron chi connectivity index (χ0n) is 9.95. The molecule has 0 atom stereocenters. The summed E-state index contributed by atoms with van der Waals surface area (Å²) in [6, 6.07) is 6.99. The third-order valence-corrected chi connectivity index (χ3v) is 3.07. The van der Waals surface area contributed by atoms with Crippen LogP contribution in [0.4, 0.5) is 15.9 Å². The lowest BCUT2D eigenvalue weighted by Gasteiger charge is -2.08. The summed E-state index contributed by atoms with van der Waals surface area (Å²) in [6.45, 7) is 0. The molecular weight excluding hydrogens is 351 g/mol. The van der Waals surface area contributed by atoms with Crippen LogP contribution in [0.2, 0.25) is 5.15 Å². The van der Waals surface area contributed by atoms with Gasteiger partial charge in [-0.2, -0.15) is 0 Å². The van der Waals surface area contributed by atoms with Crippen LogP contribution in [0.15, 0.2) is 34.8 Å². The fraction of sp³-hybridized carbons (Fsp3) is 0. The molecular formula is C12H9BrClFN4O. The van der Waals surface area contributed by atoms with Gasteiger partial charge in [0, 0.05) is 10.0 Å². The molecule has 1 heterocycles. The van der Waals surface area contributed by atoms with Gasteiger partial charge in [0.1, 0.15) is 16.8 Å². The molecule has 2 rings (SSSR count). The van der Waals surface area contributed by atoms with Crippen molar-refractivity contribution in [1.82, 2.24) is 4.98 Å². The topological polar surface area (TPSA) is 80.0 Å². The maximum atomic E-state index is 13.6. The highest BCUT2D eigenvalue weighted by Gasteiger charge is 2.12. The first-order chi connectivity index (χ1) is 9.49. The molecule has 4 N–H and O–H groups in total. The number of hydrazine groups is 1. The maximum Gasteiger partial charge on any atom is 0.255 e. The lowest BCUT2D eigenvalue weighted by atomic mass is 10.2. The Kier molecular flexibility index (Phi) is 4.53. The Hall–Kier alpha value is -1.70. The molecule has 0 aliphatic rings. The number of hydrogen-bond acceptors (Lipinski definition) is 4. The number of benzene rings is 1. The maximum absolute atomic E-state index is 13.6. The molecule has 0 saturated carbocycles. The molecule has 0 spiro atoms. The van der Waals surface area contributed by atoms with Crippen LogP contribution in [0, 0.1) is 5.82 Å². The number of rotatable bonds is 3. The largest absolute Gasteiger partial charge is 0.319 e. The van der Waals surface area contributed by atoms with Gasteiger partial charge in [0.15, 0.2) is 0 Å². The number of carbonyl (C=O) groups is 1. The third-order valence-electron chi connectivity index (χ3n) is 2.38. The summed E-state index contributed by atoms with van der Waals surface area (Å²) >= 11 is 8.97. The molecule has 0 saturated heterocycles. The monoisotopic (exact) mass is 358 g/mol. The average Bonchev–Trinajstić information content (AvgIpc) is 2.42. The van der Waals surface area contributed by atoms with Gasteiger partial charge in [-0.3, -0.25) is 4.79 Å². The van der Waals surface area contributed by atoms with Gasteiger partial charge in [-0.1, -0.05) is 27.5 Å². The smallest absolute Gasteiger partial charge is 0.255 e. The number of amides is 1. The van der Waals surface area contributed by atoms with E-state index < -0.39 is 11.7 Å². The highest BCUT2D eigenvalue weighted by molar-refractivity contribution is 9.10. The molecule has 20 heavy (non-hydrogen) atoms. The molecule has 0 unspecified atom stereocenters. The number of nitrogens with one attached hydrogen (secondary N) is 2. The Labute approximate surface area is 127 Å². The number of carbonyl (C=O) groups excluding carboxylic acids is 1. The first kappa shape index (κ1) is 14.7. The molecule has 0 bridgehead atoms. The lowest BCUT2D eigenvalue weighted by Crippen LogP contribution is -2.15. The van der Waals surface area contributed by atoms with Crippen molar-refractivity contribution < 1.29 is 9.18 Å². The lowest BCUT2D eigenvalue weighted by molar-refractivity contribution is 0.102. The average molecular weight is 360 g/mol. The van der Waals surface area contributed by atoms with E-state index in [2.05, 4.69) is 31.7 Å². The van der Waals surface area contributed by atoms with Crippen molar-refractivity contribution in [2.24, 2.45) is 5.84 Å². The molecule has 1 aromatic heterocycles. The van der Waals surface area contributed by atoms with Gasteiger partial charge in [0.2, 0.25) is 0 Å². The minimum Gasteiger partial charge on any atom is -0.319 e. The fourth-order valence-corrected chi connectivity index (χ4v) is 2.06. The predicted octanol–water partition coefficient (Wildman–Crippen LogP) is 3.17. The van der Waals surface area contributed by atoms with Crippen molar-refractivity contribution in [3.63, 3.8) is 0 Å². The number of aromatic nitrogens is 1. The molecule has 104 valence electrons. The number of hydrogen-bond donors (Lipinski definition) is 3. The van der Waals surface area contributed by atoms with E-state index in [4.69, 9.17) is 17.4 Å². The van der Waals surface area contributed by atoms with Crippen LogP contribution in [0.5, 0.6) is 0 Å². The summed E-state index contributed by atoms with van der Waals surface area (Å²) in [5.74, 6) is 4.38. The van der Waals surface area contributed by atoms with E-state index in [0.717, 1.165) is 0 Å². The van der Waals surface area contributed by atoms with E-state index in [9.17, 15) is 9.18 Å².